The molecule has 3 aromatic rings. The van der Waals surface area contributed by atoms with Gasteiger partial charge in [-0.2, -0.15) is 0 Å². The molecule has 0 spiro atoms. The fourth-order valence-electron chi connectivity index (χ4n) is 3.25. The molecule has 30 heavy (non-hydrogen) atoms. The van der Waals surface area contributed by atoms with Crippen molar-refractivity contribution in [1.82, 2.24) is 4.90 Å². The van der Waals surface area contributed by atoms with E-state index >= 15 is 0 Å². The van der Waals surface area contributed by atoms with Gasteiger partial charge in [-0.15, -0.1) is 0 Å². The summed E-state index contributed by atoms with van der Waals surface area (Å²) in [5, 5.41) is 1.45. The first-order valence-corrected chi connectivity index (χ1v) is 11.0. The molecule has 4 heteroatoms. The summed E-state index contributed by atoms with van der Waals surface area (Å²) in [7, 11) is 0. The minimum Gasteiger partial charge on any atom is -0.492 e. The third-order valence-electron chi connectivity index (χ3n) is 5.07. The Kier molecular flexibility index (Phi) is 8.39. The van der Waals surface area contributed by atoms with Crippen LogP contribution < -0.4 is 4.74 Å². The van der Waals surface area contributed by atoms with Gasteiger partial charge in [-0.25, -0.2) is 0 Å². The van der Waals surface area contributed by atoms with Crippen molar-refractivity contribution in [2.75, 3.05) is 26.2 Å². The zero-order chi connectivity index (χ0) is 21.3. The van der Waals surface area contributed by atoms with Crippen LogP contribution in [-0.4, -0.2) is 31.1 Å². The van der Waals surface area contributed by atoms with Gasteiger partial charge in [0, 0.05) is 16.6 Å². The number of nitrogens with zero attached hydrogens (tertiary/aromatic N) is 1. The molecule has 0 N–H and O–H groups in total. The molecule has 0 atom stereocenters. The molecule has 0 amide bonds. The van der Waals surface area contributed by atoms with Crippen LogP contribution in [0.15, 0.2) is 72.8 Å². The van der Waals surface area contributed by atoms with Crippen molar-refractivity contribution in [2.45, 2.75) is 13.8 Å². The summed E-state index contributed by atoms with van der Waals surface area (Å²) in [5.74, 6) is 0.882. The number of halogens is 2. The second kappa shape index (κ2) is 11.2. The Balaban J connectivity index is 1.83. The molecular weight excluding hydrogens is 413 g/mol. The minimum absolute atomic E-state index is 0.686. The SMILES string of the molecule is CCN(CC)CCOc1ccc(/C(=C\c2ccc(Cl)cc2)c2ccc(Cl)cc2)cc1. The van der Waals surface area contributed by atoms with Gasteiger partial charge in [-0.05, 0) is 77.8 Å². The summed E-state index contributed by atoms with van der Waals surface area (Å²) in [5.41, 5.74) is 4.42. The van der Waals surface area contributed by atoms with Gasteiger partial charge in [0.15, 0.2) is 0 Å². The molecule has 0 bridgehead atoms. The Bertz CT molecular complexity index is 944. The number of hydrogen-bond acceptors (Lipinski definition) is 2. The van der Waals surface area contributed by atoms with Gasteiger partial charge >= 0.3 is 0 Å². The number of likely N-dealkylation sites (N-methyl/N-ethyl adjacent to an activating group) is 1. The molecule has 0 saturated heterocycles. The molecule has 0 aliphatic heterocycles. The highest BCUT2D eigenvalue weighted by Crippen LogP contribution is 2.29. The number of benzene rings is 3. The summed E-state index contributed by atoms with van der Waals surface area (Å²) < 4.78 is 5.93. The van der Waals surface area contributed by atoms with E-state index in [1.54, 1.807) is 0 Å². The fraction of sp³-hybridized carbons (Fsp3) is 0.231. The molecule has 0 fully saturated rings. The van der Waals surface area contributed by atoms with E-state index in [9.17, 15) is 0 Å². The average molecular weight is 440 g/mol. The van der Waals surface area contributed by atoms with Gasteiger partial charge in [-0.1, -0.05) is 73.4 Å². The standard InChI is InChI=1S/C26H27Cl2NO/c1-3-29(4-2)17-18-30-25-15-9-22(10-16-25)26(21-7-13-24(28)14-8-21)19-20-5-11-23(27)12-6-20/h5-16,19H,3-4,17-18H2,1-2H3/b26-19-. The minimum atomic E-state index is 0.686. The van der Waals surface area contributed by atoms with Crippen LogP contribution in [0, 0.1) is 0 Å². The van der Waals surface area contributed by atoms with Crippen molar-refractivity contribution < 1.29 is 4.74 Å². The maximum atomic E-state index is 6.10. The van der Waals surface area contributed by atoms with Crippen LogP contribution in [0.5, 0.6) is 5.75 Å². The van der Waals surface area contributed by atoms with Gasteiger partial charge in [0.25, 0.3) is 0 Å². The van der Waals surface area contributed by atoms with Crippen LogP contribution in [0.3, 0.4) is 0 Å². The third-order valence-corrected chi connectivity index (χ3v) is 5.58. The maximum Gasteiger partial charge on any atom is 0.119 e. The predicted molar refractivity (Wildman–Crippen MR) is 130 cm³/mol. The predicted octanol–water partition coefficient (Wildman–Crippen LogP) is 7.30. The second-order valence-corrected chi connectivity index (χ2v) is 7.89. The second-order valence-electron chi connectivity index (χ2n) is 7.02. The van der Waals surface area contributed by atoms with Crippen LogP contribution in [-0.2, 0) is 0 Å². The normalized spacial score (nSPS) is 11.7. The van der Waals surface area contributed by atoms with Crippen LogP contribution >= 0.6 is 23.2 Å². The zero-order valence-electron chi connectivity index (χ0n) is 17.4. The molecule has 0 aromatic heterocycles. The first-order chi connectivity index (χ1) is 14.6. The lowest BCUT2D eigenvalue weighted by Gasteiger charge is -2.18. The Hall–Kier alpha value is -2.26. The smallest absolute Gasteiger partial charge is 0.119 e. The fourth-order valence-corrected chi connectivity index (χ4v) is 3.50. The van der Waals surface area contributed by atoms with Gasteiger partial charge in [-0.3, -0.25) is 0 Å². The van der Waals surface area contributed by atoms with E-state index in [2.05, 4.69) is 37.0 Å². The number of hydrogen-bond donors (Lipinski definition) is 0. The number of ether oxygens (including phenoxy) is 1. The van der Waals surface area contributed by atoms with E-state index in [0.717, 1.165) is 57.7 Å². The number of rotatable bonds is 9. The van der Waals surface area contributed by atoms with Gasteiger partial charge in [0.05, 0.1) is 0 Å². The van der Waals surface area contributed by atoms with Gasteiger partial charge < -0.3 is 9.64 Å². The van der Waals surface area contributed by atoms with Crippen molar-refractivity contribution in [1.29, 1.82) is 0 Å². The van der Waals surface area contributed by atoms with Gasteiger partial charge in [0.1, 0.15) is 12.4 Å². The van der Waals surface area contributed by atoms with Crippen LogP contribution in [0.4, 0.5) is 0 Å². The van der Waals surface area contributed by atoms with E-state index in [1.165, 1.54) is 0 Å². The van der Waals surface area contributed by atoms with Crippen molar-refractivity contribution in [3.63, 3.8) is 0 Å². The quantitative estimate of drug-likeness (QED) is 0.324. The highest BCUT2D eigenvalue weighted by Gasteiger charge is 2.07. The largest absolute Gasteiger partial charge is 0.492 e. The highest BCUT2D eigenvalue weighted by molar-refractivity contribution is 6.30. The van der Waals surface area contributed by atoms with E-state index in [4.69, 9.17) is 27.9 Å². The summed E-state index contributed by atoms with van der Waals surface area (Å²) in [6.45, 7) is 8.04. The third kappa shape index (κ3) is 6.37. The lowest BCUT2D eigenvalue weighted by Crippen LogP contribution is -2.27. The molecule has 0 heterocycles. The molecule has 0 aliphatic carbocycles. The average Bonchev–Trinajstić information content (AvgIpc) is 2.78. The van der Waals surface area contributed by atoms with Crippen molar-refractivity contribution in [3.05, 3.63) is 99.5 Å². The highest BCUT2D eigenvalue weighted by atomic mass is 35.5. The van der Waals surface area contributed by atoms with E-state index in [0.29, 0.717) is 6.61 Å². The van der Waals surface area contributed by atoms with E-state index < -0.39 is 0 Å². The van der Waals surface area contributed by atoms with E-state index in [-0.39, 0.29) is 0 Å². The molecule has 3 rings (SSSR count). The van der Waals surface area contributed by atoms with E-state index in [1.807, 2.05) is 60.7 Å². The molecule has 3 aromatic carbocycles. The van der Waals surface area contributed by atoms with Crippen molar-refractivity contribution >= 4 is 34.9 Å². The van der Waals surface area contributed by atoms with Crippen molar-refractivity contribution in [3.8, 4) is 5.75 Å². The zero-order valence-corrected chi connectivity index (χ0v) is 19.0. The van der Waals surface area contributed by atoms with Crippen LogP contribution in [0.25, 0.3) is 11.6 Å². The molecule has 2 nitrogen and oxygen atoms in total. The molecule has 0 aliphatic rings. The van der Waals surface area contributed by atoms with Crippen LogP contribution in [0.1, 0.15) is 30.5 Å². The summed E-state index contributed by atoms with van der Waals surface area (Å²) >= 11 is 12.1. The Morgan fingerprint density at radius 3 is 1.80 bits per heavy atom. The molecule has 0 radical (unpaired) electrons. The molecule has 0 unspecified atom stereocenters. The van der Waals surface area contributed by atoms with Crippen molar-refractivity contribution in [2.24, 2.45) is 0 Å². The Morgan fingerprint density at radius 1 is 0.767 bits per heavy atom. The Labute approximate surface area is 189 Å². The van der Waals surface area contributed by atoms with Crippen LogP contribution in [0.2, 0.25) is 10.0 Å². The molecule has 156 valence electrons. The molecular formula is C26H27Cl2NO. The Morgan fingerprint density at radius 2 is 1.27 bits per heavy atom. The monoisotopic (exact) mass is 439 g/mol. The lowest BCUT2D eigenvalue weighted by atomic mass is 9.95. The van der Waals surface area contributed by atoms with Gasteiger partial charge in [0.2, 0.25) is 0 Å². The topological polar surface area (TPSA) is 12.5 Å². The summed E-state index contributed by atoms with van der Waals surface area (Å²) in [4.78, 5) is 2.35. The molecule has 0 saturated carbocycles. The summed E-state index contributed by atoms with van der Waals surface area (Å²) in [6.07, 6.45) is 2.16. The first kappa shape index (κ1) is 22.4. The maximum absolute atomic E-state index is 6.10. The summed E-state index contributed by atoms with van der Waals surface area (Å²) in [6, 6.07) is 24.0. The lowest BCUT2D eigenvalue weighted by molar-refractivity contribution is 0.223. The first-order valence-electron chi connectivity index (χ1n) is 10.3.